The molecule has 2 aromatic carbocycles. The van der Waals surface area contributed by atoms with Crippen LogP contribution in [0.25, 0.3) is 11.6 Å². The van der Waals surface area contributed by atoms with Crippen molar-refractivity contribution in [3.8, 4) is 11.8 Å². The molecular weight excluding hydrogens is 277 g/mol. The number of methoxy groups -OCH3 is 1. The maximum Gasteiger partial charge on any atom is 0.126 e. The summed E-state index contributed by atoms with van der Waals surface area (Å²) in [6.45, 7) is 0. The number of hydrogen-bond donors (Lipinski definition) is 0. The van der Waals surface area contributed by atoms with Crippen LogP contribution < -0.4 is 4.74 Å². The first kappa shape index (κ1) is 14.1. The molecule has 100 valence electrons. The molecule has 2 nitrogen and oxygen atoms in total. The number of nitriles is 1. The van der Waals surface area contributed by atoms with Crippen LogP contribution in [0.1, 0.15) is 11.1 Å². The van der Waals surface area contributed by atoms with Gasteiger partial charge in [-0.3, -0.25) is 0 Å². The van der Waals surface area contributed by atoms with Crippen molar-refractivity contribution in [1.82, 2.24) is 0 Å². The summed E-state index contributed by atoms with van der Waals surface area (Å²) in [6, 6.07) is 13.0. The first-order chi connectivity index (χ1) is 9.63. The van der Waals surface area contributed by atoms with Crippen molar-refractivity contribution >= 4 is 23.3 Å². The van der Waals surface area contributed by atoms with Crippen molar-refractivity contribution in [3.05, 3.63) is 64.4 Å². The Morgan fingerprint density at radius 2 is 1.95 bits per heavy atom. The third kappa shape index (κ3) is 3.17. The number of halogens is 2. The molecule has 4 heteroatoms. The third-order valence-electron chi connectivity index (χ3n) is 2.77. The molecule has 0 N–H and O–H groups in total. The highest BCUT2D eigenvalue weighted by molar-refractivity contribution is 6.30. The lowest BCUT2D eigenvalue weighted by Gasteiger charge is -2.06. The molecule has 2 rings (SSSR count). The highest BCUT2D eigenvalue weighted by Crippen LogP contribution is 2.27. The highest BCUT2D eigenvalue weighted by atomic mass is 35.5. The summed E-state index contributed by atoms with van der Waals surface area (Å²) >= 11 is 5.95. The van der Waals surface area contributed by atoms with E-state index >= 15 is 0 Å². The summed E-state index contributed by atoms with van der Waals surface area (Å²) in [7, 11) is 1.55. The predicted octanol–water partition coefficient (Wildman–Crippen LogP) is 4.55. The lowest BCUT2D eigenvalue weighted by Crippen LogP contribution is -1.88. The van der Waals surface area contributed by atoms with E-state index in [1.807, 2.05) is 0 Å². The monoisotopic (exact) mass is 287 g/mol. The third-order valence-corrected chi connectivity index (χ3v) is 3.00. The van der Waals surface area contributed by atoms with Crippen LogP contribution in [-0.4, -0.2) is 7.11 Å². The van der Waals surface area contributed by atoms with Crippen molar-refractivity contribution in [3.63, 3.8) is 0 Å². The van der Waals surface area contributed by atoms with Crippen molar-refractivity contribution in [2.75, 3.05) is 7.11 Å². The molecule has 20 heavy (non-hydrogen) atoms. The molecule has 0 saturated carbocycles. The van der Waals surface area contributed by atoms with E-state index in [2.05, 4.69) is 6.07 Å². The van der Waals surface area contributed by atoms with E-state index in [4.69, 9.17) is 16.3 Å². The number of rotatable bonds is 3. The van der Waals surface area contributed by atoms with Crippen LogP contribution in [-0.2, 0) is 0 Å². The van der Waals surface area contributed by atoms with E-state index in [1.165, 1.54) is 12.1 Å². The second-order valence-corrected chi connectivity index (χ2v) is 4.50. The Morgan fingerprint density at radius 3 is 2.55 bits per heavy atom. The molecule has 0 unspecified atom stereocenters. The van der Waals surface area contributed by atoms with Crippen LogP contribution in [0.15, 0.2) is 42.5 Å². The van der Waals surface area contributed by atoms with Gasteiger partial charge in [-0.05, 0) is 42.0 Å². The topological polar surface area (TPSA) is 33.0 Å². The summed E-state index contributed by atoms with van der Waals surface area (Å²) in [4.78, 5) is 0. The molecule has 2 aromatic rings. The van der Waals surface area contributed by atoms with E-state index < -0.39 is 0 Å². The maximum atomic E-state index is 12.9. The molecule has 0 atom stereocenters. The van der Waals surface area contributed by atoms with E-state index in [9.17, 15) is 9.65 Å². The Bertz CT molecular complexity index is 687. The zero-order chi connectivity index (χ0) is 14.5. The fraction of sp³-hybridized carbons (Fsp3) is 0.0625. The molecule has 0 amide bonds. The van der Waals surface area contributed by atoms with Crippen molar-refractivity contribution < 1.29 is 9.13 Å². The molecule has 0 aliphatic heterocycles. The van der Waals surface area contributed by atoms with Crippen LogP contribution in [0.4, 0.5) is 4.39 Å². The fourth-order valence-electron chi connectivity index (χ4n) is 1.78. The Morgan fingerprint density at radius 1 is 1.25 bits per heavy atom. The molecule has 0 aliphatic carbocycles. The normalized spacial score (nSPS) is 11.0. The van der Waals surface area contributed by atoms with E-state index in [0.29, 0.717) is 27.5 Å². The van der Waals surface area contributed by atoms with E-state index in [1.54, 1.807) is 43.5 Å². The minimum Gasteiger partial charge on any atom is -0.496 e. The van der Waals surface area contributed by atoms with Crippen molar-refractivity contribution in [2.24, 2.45) is 0 Å². The lowest BCUT2D eigenvalue weighted by molar-refractivity contribution is 0.414. The highest BCUT2D eigenvalue weighted by Gasteiger charge is 2.06. The molecule has 0 heterocycles. The molecule has 0 saturated heterocycles. The Kier molecular flexibility index (Phi) is 4.39. The van der Waals surface area contributed by atoms with Gasteiger partial charge in [0.15, 0.2) is 0 Å². The van der Waals surface area contributed by atoms with Gasteiger partial charge in [0.1, 0.15) is 11.6 Å². The molecule has 0 aromatic heterocycles. The van der Waals surface area contributed by atoms with Crippen LogP contribution in [0.3, 0.4) is 0 Å². The van der Waals surface area contributed by atoms with Crippen LogP contribution in [0, 0.1) is 17.1 Å². The average molecular weight is 288 g/mol. The molecule has 0 spiro atoms. The molecular formula is C16H11ClFNO. The lowest BCUT2D eigenvalue weighted by atomic mass is 10.0. The number of benzene rings is 2. The molecule has 0 aliphatic rings. The van der Waals surface area contributed by atoms with Gasteiger partial charge in [-0.15, -0.1) is 0 Å². The molecule has 0 fully saturated rings. The Hall–Kier alpha value is -2.31. The first-order valence-corrected chi connectivity index (χ1v) is 6.23. The maximum absolute atomic E-state index is 12.9. The van der Waals surface area contributed by atoms with Crippen LogP contribution in [0.5, 0.6) is 5.75 Å². The van der Waals surface area contributed by atoms with Gasteiger partial charge in [-0.1, -0.05) is 23.7 Å². The minimum atomic E-state index is -0.341. The molecule has 0 radical (unpaired) electrons. The second-order valence-electron chi connectivity index (χ2n) is 4.06. The minimum absolute atomic E-state index is 0.341. The summed E-state index contributed by atoms with van der Waals surface area (Å²) in [6.07, 6.45) is 1.66. The number of ether oxygens (including phenoxy) is 1. The fourth-order valence-corrected chi connectivity index (χ4v) is 1.96. The zero-order valence-corrected chi connectivity index (χ0v) is 11.5. The van der Waals surface area contributed by atoms with Crippen LogP contribution >= 0.6 is 11.6 Å². The standard InChI is InChI=1S/C16H11ClFNO/c1-20-16-7-4-14(17)9-12(16)8-13(10-19)11-2-5-15(18)6-3-11/h2-9H,1H3. The summed E-state index contributed by atoms with van der Waals surface area (Å²) in [5.41, 5.74) is 1.74. The van der Waals surface area contributed by atoms with Crippen molar-refractivity contribution in [2.45, 2.75) is 0 Å². The Balaban J connectivity index is 2.49. The van der Waals surface area contributed by atoms with E-state index in [0.717, 1.165) is 0 Å². The van der Waals surface area contributed by atoms with Gasteiger partial charge in [-0.2, -0.15) is 5.26 Å². The van der Waals surface area contributed by atoms with Crippen molar-refractivity contribution in [1.29, 1.82) is 5.26 Å². The summed E-state index contributed by atoms with van der Waals surface area (Å²) in [5, 5.41) is 9.81. The van der Waals surface area contributed by atoms with E-state index in [-0.39, 0.29) is 5.82 Å². The zero-order valence-electron chi connectivity index (χ0n) is 10.7. The quantitative estimate of drug-likeness (QED) is 0.613. The summed E-state index contributed by atoms with van der Waals surface area (Å²) < 4.78 is 18.1. The van der Waals surface area contributed by atoms with Gasteiger partial charge in [0.2, 0.25) is 0 Å². The van der Waals surface area contributed by atoms with Gasteiger partial charge in [0, 0.05) is 10.6 Å². The van der Waals surface area contributed by atoms with Crippen LogP contribution in [0.2, 0.25) is 5.02 Å². The average Bonchev–Trinajstić information content (AvgIpc) is 2.46. The predicted molar refractivity (Wildman–Crippen MR) is 77.9 cm³/mol. The largest absolute Gasteiger partial charge is 0.496 e. The Labute approximate surface area is 121 Å². The van der Waals surface area contributed by atoms with Gasteiger partial charge < -0.3 is 4.74 Å². The van der Waals surface area contributed by atoms with Gasteiger partial charge >= 0.3 is 0 Å². The first-order valence-electron chi connectivity index (χ1n) is 5.85. The summed E-state index contributed by atoms with van der Waals surface area (Å²) in [5.74, 6) is 0.274. The smallest absolute Gasteiger partial charge is 0.126 e. The second kappa shape index (κ2) is 6.23. The van der Waals surface area contributed by atoms with Gasteiger partial charge in [-0.25, -0.2) is 4.39 Å². The number of allylic oxidation sites excluding steroid dienone is 1. The van der Waals surface area contributed by atoms with Gasteiger partial charge in [0.05, 0.1) is 18.8 Å². The number of hydrogen-bond acceptors (Lipinski definition) is 2. The van der Waals surface area contributed by atoms with Gasteiger partial charge in [0.25, 0.3) is 0 Å². The molecule has 0 bridgehead atoms. The number of nitrogens with zero attached hydrogens (tertiary/aromatic N) is 1. The SMILES string of the molecule is COc1ccc(Cl)cc1C=C(C#N)c1ccc(F)cc1.